The minimum Gasteiger partial charge on any atom is -0.474 e. The first-order chi connectivity index (χ1) is 16.3. The first kappa shape index (κ1) is 26.1. The van der Waals surface area contributed by atoms with E-state index in [0.717, 1.165) is 12.1 Å². The van der Waals surface area contributed by atoms with Crippen LogP contribution < -0.4 is 15.2 Å². The monoisotopic (exact) mass is 513 g/mol. The molecule has 0 aliphatic heterocycles. The zero-order valence-corrected chi connectivity index (χ0v) is 20.1. The highest BCUT2D eigenvalue weighted by Gasteiger charge is 2.33. The largest absolute Gasteiger partial charge is 0.573 e. The highest BCUT2D eigenvalue weighted by molar-refractivity contribution is 6.32. The van der Waals surface area contributed by atoms with E-state index >= 15 is 0 Å². The Morgan fingerprint density at radius 1 is 1.11 bits per heavy atom. The van der Waals surface area contributed by atoms with Crippen molar-refractivity contribution in [3.05, 3.63) is 69.4 Å². The fourth-order valence-corrected chi connectivity index (χ4v) is 3.56. The molecule has 0 amide bonds. The van der Waals surface area contributed by atoms with E-state index in [1.165, 1.54) is 27.7 Å². The molecular weight excluding hydrogens is 491 g/mol. The molecule has 2 aromatic carbocycles. The van der Waals surface area contributed by atoms with Crippen LogP contribution >= 0.6 is 11.6 Å². The summed E-state index contributed by atoms with van der Waals surface area (Å²) in [6.45, 7) is 6.87. The third kappa shape index (κ3) is 6.36. The summed E-state index contributed by atoms with van der Waals surface area (Å²) in [5, 5.41) is 4.32. The van der Waals surface area contributed by atoms with Crippen LogP contribution in [0.5, 0.6) is 11.5 Å². The molecule has 8 nitrogen and oxygen atoms in total. The van der Waals surface area contributed by atoms with E-state index in [4.69, 9.17) is 21.1 Å². The number of aryl methyl sites for hydroxylation is 1. The second-order valence-corrected chi connectivity index (χ2v) is 8.45. The molecule has 0 N–H and O–H groups in total. The van der Waals surface area contributed by atoms with Gasteiger partial charge in [-0.15, -0.1) is 13.2 Å². The first-order valence-electron chi connectivity index (χ1n) is 10.5. The molecule has 3 rings (SSSR count). The molecule has 0 aliphatic carbocycles. The molecule has 0 saturated carbocycles. The SMILES string of the molecule is CCOC(=O)C(C)(C)Oc1c(C)cc(Cn2ncn(-c3ccc(OC(F)(F)F)cc3)c2=O)cc1Cl. The van der Waals surface area contributed by atoms with Crippen LogP contribution in [0.4, 0.5) is 13.2 Å². The number of halogens is 4. The highest BCUT2D eigenvalue weighted by atomic mass is 35.5. The number of benzene rings is 2. The van der Waals surface area contributed by atoms with Gasteiger partial charge >= 0.3 is 18.0 Å². The van der Waals surface area contributed by atoms with Crippen LogP contribution in [0.1, 0.15) is 31.9 Å². The summed E-state index contributed by atoms with van der Waals surface area (Å²) in [5.74, 6) is -0.623. The van der Waals surface area contributed by atoms with E-state index in [2.05, 4.69) is 9.84 Å². The van der Waals surface area contributed by atoms with Crippen LogP contribution in [-0.4, -0.2) is 38.9 Å². The molecule has 12 heteroatoms. The van der Waals surface area contributed by atoms with Crippen LogP contribution in [0.15, 0.2) is 47.5 Å². The summed E-state index contributed by atoms with van der Waals surface area (Å²) >= 11 is 6.41. The van der Waals surface area contributed by atoms with Gasteiger partial charge in [0.1, 0.15) is 17.8 Å². The first-order valence-corrected chi connectivity index (χ1v) is 10.8. The maximum Gasteiger partial charge on any atom is 0.573 e. The Balaban J connectivity index is 1.79. The second kappa shape index (κ2) is 10.0. The Bertz CT molecular complexity index is 1240. The van der Waals surface area contributed by atoms with Crippen LogP contribution in [0.2, 0.25) is 5.02 Å². The number of hydrogen-bond acceptors (Lipinski definition) is 6. The molecule has 0 unspecified atom stereocenters. The number of carbonyl (C=O) groups excluding carboxylic acids is 1. The van der Waals surface area contributed by atoms with Crippen molar-refractivity contribution >= 4 is 17.6 Å². The molecular formula is C23H23ClF3N3O5. The third-order valence-corrected chi connectivity index (χ3v) is 5.11. The van der Waals surface area contributed by atoms with Gasteiger partial charge in [-0.1, -0.05) is 17.7 Å². The molecule has 0 bridgehead atoms. The Morgan fingerprint density at radius 3 is 2.34 bits per heavy atom. The molecule has 1 heterocycles. The Morgan fingerprint density at radius 2 is 1.77 bits per heavy atom. The van der Waals surface area contributed by atoms with Crippen molar-refractivity contribution in [3.63, 3.8) is 0 Å². The quantitative estimate of drug-likeness (QED) is 0.407. The summed E-state index contributed by atoms with van der Waals surface area (Å²) in [6, 6.07) is 8.18. The molecule has 0 spiro atoms. The van der Waals surface area contributed by atoms with Crippen LogP contribution in [0.25, 0.3) is 5.69 Å². The zero-order valence-electron chi connectivity index (χ0n) is 19.4. The number of carbonyl (C=O) groups is 1. The van der Waals surface area contributed by atoms with Crippen molar-refractivity contribution in [1.29, 1.82) is 0 Å². The van der Waals surface area contributed by atoms with E-state index in [9.17, 15) is 22.8 Å². The smallest absolute Gasteiger partial charge is 0.474 e. The summed E-state index contributed by atoms with van der Waals surface area (Å²) < 4.78 is 54.1. The summed E-state index contributed by atoms with van der Waals surface area (Å²) in [6.07, 6.45) is -3.55. The van der Waals surface area contributed by atoms with E-state index in [-0.39, 0.29) is 18.2 Å². The average molecular weight is 514 g/mol. The van der Waals surface area contributed by atoms with Gasteiger partial charge in [0.15, 0.2) is 5.60 Å². The van der Waals surface area contributed by atoms with Gasteiger partial charge in [0.05, 0.1) is 23.9 Å². The molecule has 35 heavy (non-hydrogen) atoms. The number of esters is 1. The van der Waals surface area contributed by atoms with Crippen molar-refractivity contribution in [1.82, 2.24) is 14.3 Å². The number of nitrogens with zero attached hydrogens (tertiary/aromatic N) is 3. The number of hydrogen-bond donors (Lipinski definition) is 0. The normalized spacial score (nSPS) is 11.9. The maximum absolute atomic E-state index is 12.8. The zero-order chi connectivity index (χ0) is 26.0. The molecule has 0 fully saturated rings. The summed E-state index contributed by atoms with van der Waals surface area (Å²) in [5.41, 5.74) is -0.169. The highest BCUT2D eigenvalue weighted by Crippen LogP contribution is 2.33. The van der Waals surface area contributed by atoms with Gasteiger partial charge in [-0.25, -0.2) is 18.8 Å². The standard InChI is InChI=1S/C23H23ClF3N3O5/c1-5-33-20(31)22(3,4)35-19-14(2)10-15(11-18(19)24)12-30-21(32)29(13-28-30)16-6-8-17(9-7-16)34-23(25,26)27/h6-11,13H,5,12H2,1-4H3. The molecule has 0 atom stereocenters. The van der Waals surface area contributed by atoms with Gasteiger partial charge in [-0.2, -0.15) is 5.10 Å². The van der Waals surface area contributed by atoms with Gasteiger partial charge in [-0.05, 0) is 69.2 Å². The lowest BCUT2D eigenvalue weighted by atomic mass is 10.1. The van der Waals surface area contributed by atoms with Crippen molar-refractivity contribution in [2.45, 2.75) is 46.2 Å². The Hall–Kier alpha value is -3.47. The van der Waals surface area contributed by atoms with E-state index in [1.807, 2.05) is 0 Å². The van der Waals surface area contributed by atoms with E-state index in [1.54, 1.807) is 39.8 Å². The van der Waals surface area contributed by atoms with Crippen LogP contribution in [-0.2, 0) is 16.1 Å². The van der Waals surface area contributed by atoms with Gasteiger partial charge in [0, 0.05) is 0 Å². The van der Waals surface area contributed by atoms with Gasteiger partial charge in [0.25, 0.3) is 0 Å². The number of alkyl halides is 3. The average Bonchev–Trinajstić information content (AvgIpc) is 3.10. The Kier molecular flexibility index (Phi) is 7.49. The maximum atomic E-state index is 12.8. The minimum atomic E-state index is -4.81. The topological polar surface area (TPSA) is 84.6 Å². The van der Waals surface area contributed by atoms with Crippen molar-refractivity contribution < 1.29 is 32.2 Å². The van der Waals surface area contributed by atoms with Crippen LogP contribution in [0, 0.1) is 6.92 Å². The fourth-order valence-electron chi connectivity index (χ4n) is 3.23. The molecule has 0 aliphatic rings. The predicted octanol–water partition coefficient (Wildman–Crippen LogP) is 4.66. The lowest BCUT2D eigenvalue weighted by Crippen LogP contribution is -2.40. The van der Waals surface area contributed by atoms with E-state index in [0.29, 0.717) is 22.6 Å². The van der Waals surface area contributed by atoms with Crippen molar-refractivity contribution in [3.8, 4) is 17.2 Å². The van der Waals surface area contributed by atoms with Crippen molar-refractivity contribution in [2.75, 3.05) is 6.61 Å². The number of rotatable bonds is 8. The molecule has 0 radical (unpaired) electrons. The van der Waals surface area contributed by atoms with Gasteiger partial charge < -0.3 is 14.2 Å². The van der Waals surface area contributed by atoms with Gasteiger partial charge in [-0.3, -0.25) is 0 Å². The van der Waals surface area contributed by atoms with Crippen molar-refractivity contribution in [2.24, 2.45) is 0 Å². The Labute approximate surface area is 203 Å². The number of ether oxygens (including phenoxy) is 3. The molecule has 3 aromatic rings. The fraction of sp³-hybridized carbons (Fsp3) is 0.348. The lowest BCUT2D eigenvalue weighted by Gasteiger charge is -2.26. The third-order valence-electron chi connectivity index (χ3n) is 4.83. The van der Waals surface area contributed by atoms with E-state index < -0.39 is 29.4 Å². The summed E-state index contributed by atoms with van der Waals surface area (Å²) in [4.78, 5) is 24.9. The van der Waals surface area contributed by atoms with Gasteiger partial charge in [0.2, 0.25) is 0 Å². The molecule has 188 valence electrons. The number of aromatic nitrogens is 3. The second-order valence-electron chi connectivity index (χ2n) is 8.04. The molecule has 0 saturated heterocycles. The van der Waals surface area contributed by atoms with Crippen LogP contribution in [0.3, 0.4) is 0 Å². The predicted molar refractivity (Wildman–Crippen MR) is 121 cm³/mol. The molecule has 1 aromatic heterocycles. The minimum absolute atomic E-state index is 0.0726. The lowest BCUT2D eigenvalue weighted by molar-refractivity contribution is -0.274. The summed E-state index contributed by atoms with van der Waals surface area (Å²) in [7, 11) is 0.